The van der Waals surface area contributed by atoms with Gasteiger partial charge in [-0.25, -0.2) is 4.98 Å². The molecule has 0 fully saturated rings. The summed E-state index contributed by atoms with van der Waals surface area (Å²) < 4.78 is 2.03. The van der Waals surface area contributed by atoms with Gasteiger partial charge in [0, 0.05) is 35.2 Å². The van der Waals surface area contributed by atoms with E-state index < -0.39 is 0 Å². The maximum absolute atomic E-state index is 11.2. The number of aryl methyl sites for hydroxylation is 1. The minimum absolute atomic E-state index is 0.217. The van der Waals surface area contributed by atoms with Crippen LogP contribution in [0.25, 0.3) is 28.0 Å². The number of nitrogens with two attached hydrogens (primary N) is 1. The van der Waals surface area contributed by atoms with Crippen molar-refractivity contribution in [1.29, 1.82) is 0 Å². The van der Waals surface area contributed by atoms with Gasteiger partial charge in [0.15, 0.2) is 0 Å². The van der Waals surface area contributed by atoms with Crippen molar-refractivity contribution in [1.82, 2.24) is 14.5 Å². The summed E-state index contributed by atoms with van der Waals surface area (Å²) in [5.74, 6) is 0.501. The molecule has 26 heavy (non-hydrogen) atoms. The molecule has 0 saturated carbocycles. The number of amides is 1. The Kier molecular flexibility index (Phi) is 3.97. The first-order valence-corrected chi connectivity index (χ1v) is 8.39. The molecule has 0 bridgehead atoms. The summed E-state index contributed by atoms with van der Waals surface area (Å²) in [6.07, 6.45) is 5.72. The van der Waals surface area contributed by atoms with Gasteiger partial charge in [-0.1, -0.05) is 24.3 Å². The fraction of sp³-hybridized carbons (Fsp3) is 0.0952. The van der Waals surface area contributed by atoms with E-state index in [9.17, 15) is 4.79 Å². The van der Waals surface area contributed by atoms with E-state index in [0.29, 0.717) is 0 Å². The lowest BCUT2D eigenvalue weighted by Gasteiger charge is -2.13. The molecule has 0 aliphatic carbocycles. The number of hydrogen-bond donors (Lipinski definition) is 1. The normalized spacial score (nSPS) is 11.0. The summed E-state index contributed by atoms with van der Waals surface area (Å²) in [7, 11) is 0. The zero-order valence-corrected chi connectivity index (χ0v) is 14.4. The third kappa shape index (κ3) is 2.84. The Bertz CT molecular complexity index is 1110. The topological polar surface area (TPSA) is 73.8 Å². The molecule has 0 saturated heterocycles. The van der Waals surface area contributed by atoms with Gasteiger partial charge in [0.25, 0.3) is 0 Å². The van der Waals surface area contributed by atoms with Crippen LogP contribution in [0.1, 0.15) is 11.1 Å². The number of pyridine rings is 1. The van der Waals surface area contributed by atoms with E-state index in [2.05, 4.69) is 29.0 Å². The average molecular weight is 342 g/mol. The van der Waals surface area contributed by atoms with Crippen LogP contribution in [-0.2, 0) is 11.2 Å². The standard InChI is InChI=1S/C21H18N4O/c1-14-7-8-18-17(6-3-9-23-18)20(14)21-24-10-11-25(21)16-5-2-4-15(12-16)13-19(22)26/h2-12H,13H2,1H3,(H2,22,26). The van der Waals surface area contributed by atoms with Gasteiger partial charge in [-0.3, -0.25) is 14.3 Å². The second-order valence-electron chi connectivity index (χ2n) is 6.26. The van der Waals surface area contributed by atoms with Crippen molar-refractivity contribution >= 4 is 16.8 Å². The molecule has 2 aromatic heterocycles. The predicted octanol–water partition coefficient (Wildman–Crippen LogP) is 3.42. The van der Waals surface area contributed by atoms with Crippen LogP contribution in [0.5, 0.6) is 0 Å². The summed E-state index contributed by atoms with van der Waals surface area (Å²) in [5, 5.41) is 1.06. The number of primary amides is 1. The summed E-state index contributed by atoms with van der Waals surface area (Å²) in [6, 6.07) is 15.9. The summed E-state index contributed by atoms with van der Waals surface area (Å²) in [4.78, 5) is 20.3. The zero-order chi connectivity index (χ0) is 18.1. The number of benzene rings is 2. The van der Waals surface area contributed by atoms with E-state index in [1.54, 1.807) is 12.4 Å². The number of hydrogen-bond acceptors (Lipinski definition) is 3. The van der Waals surface area contributed by atoms with Crippen LogP contribution in [-0.4, -0.2) is 20.4 Å². The van der Waals surface area contributed by atoms with E-state index >= 15 is 0 Å². The fourth-order valence-electron chi connectivity index (χ4n) is 3.27. The van der Waals surface area contributed by atoms with E-state index in [1.165, 1.54) is 0 Å². The Morgan fingerprint density at radius 3 is 2.81 bits per heavy atom. The van der Waals surface area contributed by atoms with Crippen LogP contribution in [0.3, 0.4) is 0 Å². The Labute approximate surface area is 151 Å². The molecule has 2 N–H and O–H groups in total. The summed E-state index contributed by atoms with van der Waals surface area (Å²) >= 11 is 0. The van der Waals surface area contributed by atoms with E-state index in [1.807, 2.05) is 47.2 Å². The third-order valence-corrected chi connectivity index (χ3v) is 4.42. The molecule has 0 spiro atoms. The number of carbonyl (C=O) groups excluding carboxylic acids is 1. The van der Waals surface area contributed by atoms with Crippen molar-refractivity contribution in [2.45, 2.75) is 13.3 Å². The third-order valence-electron chi connectivity index (χ3n) is 4.42. The van der Waals surface area contributed by atoms with Crippen molar-refractivity contribution in [3.63, 3.8) is 0 Å². The van der Waals surface area contributed by atoms with Crippen molar-refractivity contribution in [2.24, 2.45) is 5.73 Å². The number of carbonyl (C=O) groups is 1. The van der Waals surface area contributed by atoms with Gasteiger partial charge in [0.05, 0.1) is 11.9 Å². The Hall–Kier alpha value is -3.47. The number of fused-ring (bicyclic) bond motifs is 1. The monoisotopic (exact) mass is 342 g/mol. The highest BCUT2D eigenvalue weighted by atomic mass is 16.1. The molecule has 0 unspecified atom stereocenters. The number of imidazole rings is 1. The van der Waals surface area contributed by atoms with E-state index in [4.69, 9.17) is 5.73 Å². The molecule has 2 aromatic carbocycles. The van der Waals surface area contributed by atoms with Crippen molar-refractivity contribution < 1.29 is 4.79 Å². The molecule has 2 heterocycles. The molecule has 4 aromatic rings. The Morgan fingerprint density at radius 2 is 1.96 bits per heavy atom. The first-order chi connectivity index (χ1) is 12.6. The quantitative estimate of drug-likeness (QED) is 0.617. The molecule has 5 nitrogen and oxygen atoms in total. The van der Waals surface area contributed by atoms with E-state index in [0.717, 1.165) is 39.1 Å². The highest BCUT2D eigenvalue weighted by Gasteiger charge is 2.14. The lowest BCUT2D eigenvalue weighted by molar-refractivity contribution is -0.117. The number of nitrogens with zero attached hydrogens (tertiary/aromatic N) is 3. The van der Waals surface area contributed by atoms with Gasteiger partial charge in [-0.15, -0.1) is 0 Å². The summed E-state index contributed by atoms with van der Waals surface area (Å²) in [6.45, 7) is 2.07. The van der Waals surface area contributed by atoms with Crippen molar-refractivity contribution in [3.8, 4) is 17.1 Å². The van der Waals surface area contributed by atoms with Gasteiger partial charge in [0.2, 0.25) is 5.91 Å². The minimum atomic E-state index is -0.344. The average Bonchev–Trinajstić information content (AvgIpc) is 3.10. The molecule has 0 radical (unpaired) electrons. The van der Waals surface area contributed by atoms with Crippen LogP contribution >= 0.6 is 0 Å². The SMILES string of the molecule is Cc1ccc2ncccc2c1-c1nccn1-c1cccc(CC(N)=O)c1. The van der Waals surface area contributed by atoms with Crippen LogP contribution in [0.2, 0.25) is 0 Å². The fourth-order valence-corrected chi connectivity index (χ4v) is 3.27. The van der Waals surface area contributed by atoms with Gasteiger partial charge < -0.3 is 5.73 Å². The zero-order valence-electron chi connectivity index (χ0n) is 14.4. The number of aromatic nitrogens is 3. The Balaban J connectivity index is 1.90. The molecule has 0 atom stereocenters. The first kappa shape index (κ1) is 16.0. The lowest BCUT2D eigenvalue weighted by Crippen LogP contribution is -2.13. The molecule has 4 rings (SSSR count). The maximum atomic E-state index is 11.2. The van der Waals surface area contributed by atoms with Crippen molar-refractivity contribution in [2.75, 3.05) is 0 Å². The lowest BCUT2D eigenvalue weighted by atomic mass is 10.0. The second-order valence-corrected chi connectivity index (χ2v) is 6.26. The molecule has 0 aliphatic rings. The molecule has 128 valence electrons. The summed E-state index contributed by atoms with van der Waals surface area (Å²) in [5.41, 5.74) is 10.3. The molecular weight excluding hydrogens is 324 g/mol. The van der Waals surface area contributed by atoms with Gasteiger partial charge in [-0.05, 0) is 42.3 Å². The highest BCUT2D eigenvalue weighted by Crippen LogP contribution is 2.31. The van der Waals surface area contributed by atoms with Gasteiger partial charge in [-0.2, -0.15) is 0 Å². The molecule has 1 amide bonds. The predicted molar refractivity (Wildman–Crippen MR) is 102 cm³/mol. The molecule has 5 heteroatoms. The van der Waals surface area contributed by atoms with E-state index in [-0.39, 0.29) is 12.3 Å². The highest BCUT2D eigenvalue weighted by molar-refractivity contribution is 5.94. The molecular formula is C21H18N4O. The Morgan fingerprint density at radius 1 is 1.08 bits per heavy atom. The maximum Gasteiger partial charge on any atom is 0.221 e. The van der Waals surface area contributed by atoms with Crippen LogP contribution in [0.15, 0.2) is 67.1 Å². The van der Waals surface area contributed by atoms with Crippen LogP contribution < -0.4 is 5.73 Å². The van der Waals surface area contributed by atoms with Gasteiger partial charge in [0.1, 0.15) is 5.82 Å². The van der Waals surface area contributed by atoms with Gasteiger partial charge >= 0.3 is 0 Å². The minimum Gasteiger partial charge on any atom is -0.369 e. The number of rotatable bonds is 4. The smallest absolute Gasteiger partial charge is 0.221 e. The van der Waals surface area contributed by atoms with Crippen LogP contribution in [0.4, 0.5) is 0 Å². The van der Waals surface area contributed by atoms with Crippen LogP contribution in [0, 0.1) is 6.92 Å². The second kappa shape index (κ2) is 6.44. The molecule has 0 aliphatic heterocycles. The van der Waals surface area contributed by atoms with Crippen molar-refractivity contribution in [3.05, 3.63) is 78.2 Å². The largest absolute Gasteiger partial charge is 0.369 e. The first-order valence-electron chi connectivity index (χ1n) is 8.39.